The Morgan fingerprint density at radius 3 is 2.56 bits per heavy atom. The molecule has 1 heterocycles. The number of nitrogens with zero attached hydrogens (tertiary/aromatic N) is 1. The Kier molecular flexibility index (Phi) is 3.57. The topological polar surface area (TPSA) is 45.2 Å². The SMILES string of the molecule is Cc1nc(C(C)Nc2ccc(O)cc2C)c(C)s1. The summed E-state index contributed by atoms with van der Waals surface area (Å²) in [7, 11) is 0. The molecule has 0 bridgehead atoms. The van der Waals surface area contributed by atoms with Gasteiger partial charge in [-0.15, -0.1) is 11.3 Å². The van der Waals surface area contributed by atoms with E-state index in [2.05, 4.69) is 24.1 Å². The highest BCUT2D eigenvalue weighted by atomic mass is 32.1. The first kappa shape index (κ1) is 12.9. The van der Waals surface area contributed by atoms with Gasteiger partial charge in [0.25, 0.3) is 0 Å². The summed E-state index contributed by atoms with van der Waals surface area (Å²) in [6, 6.07) is 5.52. The van der Waals surface area contributed by atoms with Gasteiger partial charge < -0.3 is 10.4 Å². The van der Waals surface area contributed by atoms with Crippen LogP contribution in [-0.2, 0) is 0 Å². The molecule has 2 aromatic rings. The molecule has 18 heavy (non-hydrogen) atoms. The highest BCUT2D eigenvalue weighted by Crippen LogP contribution is 2.28. The molecule has 96 valence electrons. The molecule has 1 unspecified atom stereocenters. The van der Waals surface area contributed by atoms with Gasteiger partial charge in [-0.1, -0.05) is 0 Å². The van der Waals surface area contributed by atoms with Crippen LogP contribution in [-0.4, -0.2) is 10.1 Å². The molecule has 0 amide bonds. The van der Waals surface area contributed by atoms with Crippen molar-refractivity contribution in [1.82, 2.24) is 4.98 Å². The van der Waals surface area contributed by atoms with Gasteiger partial charge in [0.15, 0.2) is 0 Å². The average Bonchev–Trinajstić information content (AvgIpc) is 2.62. The Morgan fingerprint density at radius 1 is 1.28 bits per heavy atom. The summed E-state index contributed by atoms with van der Waals surface area (Å²) in [5.74, 6) is 0.298. The van der Waals surface area contributed by atoms with Crippen molar-refractivity contribution in [2.24, 2.45) is 0 Å². The molecule has 0 aliphatic rings. The normalized spacial score (nSPS) is 12.4. The number of phenolic OH excluding ortho intramolecular Hbond substituents is 1. The van der Waals surface area contributed by atoms with Gasteiger partial charge in [0, 0.05) is 10.6 Å². The fraction of sp³-hybridized carbons (Fsp3) is 0.357. The monoisotopic (exact) mass is 262 g/mol. The maximum absolute atomic E-state index is 9.40. The minimum atomic E-state index is 0.165. The van der Waals surface area contributed by atoms with Gasteiger partial charge in [-0.05, 0) is 51.5 Å². The third kappa shape index (κ3) is 2.64. The van der Waals surface area contributed by atoms with Crippen molar-refractivity contribution >= 4 is 17.0 Å². The highest BCUT2D eigenvalue weighted by Gasteiger charge is 2.13. The largest absolute Gasteiger partial charge is 0.508 e. The number of anilines is 1. The molecule has 0 aliphatic heterocycles. The molecule has 0 spiro atoms. The lowest BCUT2D eigenvalue weighted by Gasteiger charge is -2.16. The van der Waals surface area contributed by atoms with Crippen molar-refractivity contribution in [3.8, 4) is 5.75 Å². The number of aromatic hydroxyl groups is 1. The van der Waals surface area contributed by atoms with E-state index in [4.69, 9.17) is 0 Å². The van der Waals surface area contributed by atoms with E-state index in [1.807, 2.05) is 19.9 Å². The Bertz CT molecular complexity index is 563. The van der Waals surface area contributed by atoms with Gasteiger partial charge in [-0.2, -0.15) is 0 Å². The lowest BCUT2D eigenvalue weighted by molar-refractivity contribution is 0.475. The number of thiazole rings is 1. The molecule has 1 aromatic carbocycles. The predicted molar refractivity (Wildman–Crippen MR) is 76.5 cm³/mol. The third-order valence-electron chi connectivity index (χ3n) is 2.93. The Balaban J connectivity index is 2.21. The Labute approximate surface area is 112 Å². The van der Waals surface area contributed by atoms with Crippen LogP contribution >= 0.6 is 11.3 Å². The number of nitrogens with one attached hydrogen (secondary N) is 1. The van der Waals surface area contributed by atoms with Crippen LogP contribution in [0.3, 0.4) is 0 Å². The Hall–Kier alpha value is -1.55. The number of aryl methyl sites for hydroxylation is 3. The van der Waals surface area contributed by atoms with Crippen molar-refractivity contribution < 1.29 is 5.11 Å². The molecule has 1 aromatic heterocycles. The van der Waals surface area contributed by atoms with Crippen molar-refractivity contribution in [2.75, 3.05) is 5.32 Å². The predicted octanol–water partition coefficient (Wildman–Crippen LogP) is 3.95. The minimum Gasteiger partial charge on any atom is -0.508 e. The van der Waals surface area contributed by atoms with Crippen LogP contribution in [0.4, 0.5) is 5.69 Å². The van der Waals surface area contributed by atoms with Crippen molar-refractivity contribution in [3.05, 3.63) is 39.3 Å². The molecule has 2 rings (SSSR count). The van der Waals surface area contributed by atoms with Crippen LogP contribution in [0.15, 0.2) is 18.2 Å². The lowest BCUT2D eigenvalue weighted by atomic mass is 10.1. The van der Waals surface area contributed by atoms with E-state index in [1.54, 1.807) is 23.5 Å². The van der Waals surface area contributed by atoms with E-state index in [9.17, 15) is 5.11 Å². The summed E-state index contributed by atoms with van der Waals surface area (Å²) in [6.07, 6.45) is 0. The number of hydrogen-bond acceptors (Lipinski definition) is 4. The van der Waals surface area contributed by atoms with E-state index in [-0.39, 0.29) is 6.04 Å². The van der Waals surface area contributed by atoms with Crippen LogP contribution in [0.25, 0.3) is 0 Å². The zero-order chi connectivity index (χ0) is 13.3. The van der Waals surface area contributed by atoms with Crippen molar-refractivity contribution in [2.45, 2.75) is 33.7 Å². The smallest absolute Gasteiger partial charge is 0.115 e. The molecule has 3 nitrogen and oxygen atoms in total. The first-order valence-corrected chi connectivity index (χ1v) is 6.79. The van der Waals surface area contributed by atoms with Gasteiger partial charge >= 0.3 is 0 Å². The molecule has 0 fully saturated rings. The van der Waals surface area contributed by atoms with Crippen LogP contribution in [0.2, 0.25) is 0 Å². The second-order valence-corrected chi connectivity index (χ2v) is 5.95. The van der Waals surface area contributed by atoms with Crippen LogP contribution < -0.4 is 5.32 Å². The molecule has 0 radical (unpaired) electrons. The Morgan fingerprint density at radius 2 is 2.00 bits per heavy atom. The fourth-order valence-electron chi connectivity index (χ4n) is 2.06. The lowest BCUT2D eigenvalue weighted by Crippen LogP contribution is -2.09. The van der Waals surface area contributed by atoms with E-state index < -0.39 is 0 Å². The number of rotatable bonds is 3. The number of hydrogen-bond donors (Lipinski definition) is 2. The first-order chi connectivity index (χ1) is 8.47. The summed E-state index contributed by atoms with van der Waals surface area (Å²) in [6.45, 7) is 8.21. The summed E-state index contributed by atoms with van der Waals surface area (Å²) in [4.78, 5) is 5.81. The van der Waals surface area contributed by atoms with Gasteiger partial charge in [-0.25, -0.2) is 4.98 Å². The first-order valence-electron chi connectivity index (χ1n) is 5.97. The molecule has 2 N–H and O–H groups in total. The molecule has 0 saturated heterocycles. The highest BCUT2D eigenvalue weighted by molar-refractivity contribution is 7.11. The maximum Gasteiger partial charge on any atom is 0.115 e. The van der Waals surface area contributed by atoms with Crippen LogP contribution in [0.5, 0.6) is 5.75 Å². The van der Waals surface area contributed by atoms with Crippen molar-refractivity contribution in [1.29, 1.82) is 0 Å². The van der Waals surface area contributed by atoms with Crippen LogP contribution in [0.1, 0.15) is 34.1 Å². The molecule has 0 aliphatic carbocycles. The number of phenols is 1. The molecule has 4 heteroatoms. The van der Waals surface area contributed by atoms with E-state index in [0.29, 0.717) is 5.75 Å². The molecular formula is C14H18N2OS. The summed E-state index contributed by atoms with van der Waals surface area (Å²) >= 11 is 1.72. The van der Waals surface area contributed by atoms with Crippen molar-refractivity contribution in [3.63, 3.8) is 0 Å². The van der Waals surface area contributed by atoms with E-state index in [1.165, 1.54) is 4.88 Å². The summed E-state index contributed by atoms with van der Waals surface area (Å²) in [5, 5.41) is 13.9. The summed E-state index contributed by atoms with van der Waals surface area (Å²) in [5.41, 5.74) is 3.17. The van der Waals surface area contributed by atoms with Gasteiger partial charge in [0.2, 0.25) is 0 Å². The quantitative estimate of drug-likeness (QED) is 0.823. The average molecular weight is 262 g/mol. The molecular weight excluding hydrogens is 244 g/mol. The molecule has 1 atom stereocenters. The number of aromatic nitrogens is 1. The van der Waals surface area contributed by atoms with E-state index in [0.717, 1.165) is 22.0 Å². The maximum atomic E-state index is 9.40. The van der Waals surface area contributed by atoms with Gasteiger partial charge in [0.1, 0.15) is 5.75 Å². The second-order valence-electron chi connectivity index (χ2n) is 4.54. The second kappa shape index (κ2) is 4.98. The third-order valence-corrected chi connectivity index (χ3v) is 3.83. The zero-order valence-corrected chi connectivity index (χ0v) is 11.9. The van der Waals surface area contributed by atoms with Crippen LogP contribution in [0, 0.1) is 20.8 Å². The minimum absolute atomic E-state index is 0.165. The van der Waals surface area contributed by atoms with Gasteiger partial charge in [0.05, 0.1) is 16.7 Å². The number of benzene rings is 1. The fourth-order valence-corrected chi connectivity index (χ4v) is 2.97. The standard InChI is InChI=1S/C14H18N2OS/c1-8-7-12(17)5-6-13(8)15-9(2)14-10(3)18-11(4)16-14/h5-7,9,15,17H,1-4H3. The van der Waals surface area contributed by atoms with Gasteiger partial charge in [-0.3, -0.25) is 0 Å². The van der Waals surface area contributed by atoms with E-state index >= 15 is 0 Å². The zero-order valence-electron chi connectivity index (χ0n) is 11.1. The molecule has 0 saturated carbocycles. The summed E-state index contributed by atoms with van der Waals surface area (Å²) < 4.78 is 0.